The molecule has 0 radical (unpaired) electrons. The predicted octanol–water partition coefficient (Wildman–Crippen LogP) is 2.70. The summed E-state index contributed by atoms with van der Waals surface area (Å²) in [5, 5.41) is 5.03. The smallest absolute Gasteiger partial charge is 0.262 e. The van der Waals surface area contributed by atoms with Crippen molar-refractivity contribution in [1.29, 1.82) is 0 Å². The Morgan fingerprint density at radius 3 is 2.57 bits per heavy atom. The fourth-order valence-corrected chi connectivity index (χ4v) is 2.92. The highest BCUT2D eigenvalue weighted by atomic mass is 19.1. The molecular formula is C20H21F2N3O3. The quantitative estimate of drug-likeness (QED) is 0.797. The van der Waals surface area contributed by atoms with Crippen LogP contribution in [-0.2, 0) is 9.59 Å². The number of fused-ring (bicyclic) bond motifs is 1. The number of hydrogen-bond acceptors (Lipinski definition) is 4. The molecule has 1 atom stereocenters. The van der Waals surface area contributed by atoms with E-state index < -0.39 is 29.3 Å². The largest absolute Gasteiger partial charge is 0.477 e. The topological polar surface area (TPSA) is 70.7 Å². The number of anilines is 2. The van der Waals surface area contributed by atoms with Crippen molar-refractivity contribution in [3.63, 3.8) is 0 Å². The Morgan fingerprint density at radius 1 is 1.14 bits per heavy atom. The van der Waals surface area contributed by atoms with E-state index in [0.29, 0.717) is 18.0 Å². The van der Waals surface area contributed by atoms with Crippen molar-refractivity contribution in [3.8, 4) is 5.75 Å². The molecule has 148 valence electrons. The van der Waals surface area contributed by atoms with Gasteiger partial charge in [0.25, 0.3) is 5.91 Å². The van der Waals surface area contributed by atoms with Gasteiger partial charge in [-0.3, -0.25) is 9.59 Å². The molecule has 0 spiro atoms. The number of nitrogens with zero attached hydrogens (tertiary/aromatic N) is 1. The molecule has 2 aromatic carbocycles. The minimum Gasteiger partial charge on any atom is -0.477 e. The number of halogens is 2. The molecule has 8 heteroatoms. The lowest BCUT2D eigenvalue weighted by Gasteiger charge is -2.35. The summed E-state index contributed by atoms with van der Waals surface area (Å²) >= 11 is 0. The number of nitrogens with one attached hydrogen (secondary N) is 2. The van der Waals surface area contributed by atoms with Gasteiger partial charge in [0.2, 0.25) is 5.91 Å². The third-order valence-electron chi connectivity index (χ3n) is 4.26. The van der Waals surface area contributed by atoms with E-state index in [2.05, 4.69) is 10.6 Å². The number of rotatable bonds is 6. The summed E-state index contributed by atoms with van der Waals surface area (Å²) in [6.45, 7) is 2.41. The second kappa shape index (κ2) is 8.69. The maximum absolute atomic E-state index is 13.8. The zero-order valence-corrected chi connectivity index (χ0v) is 15.4. The SMILES string of the molecule is CCCNC(=O)[C@@H]1CN(CC(=O)Nc2c(F)cccc2F)c2ccccc2O1. The molecule has 1 aliphatic rings. The van der Waals surface area contributed by atoms with Gasteiger partial charge in [0.15, 0.2) is 6.10 Å². The molecular weight excluding hydrogens is 368 g/mol. The molecule has 3 rings (SSSR count). The first-order valence-electron chi connectivity index (χ1n) is 9.01. The lowest BCUT2D eigenvalue weighted by Crippen LogP contribution is -2.50. The Bertz CT molecular complexity index is 855. The van der Waals surface area contributed by atoms with E-state index in [0.717, 1.165) is 18.6 Å². The van der Waals surface area contributed by atoms with E-state index >= 15 is 0 Å². The van der Waals surface area contributed by atoms with Gasteiger partial charge in [-0.1, -0.05) is 25.1 Å². The molecule has 0 unspecified atom stereocenters. The van der Waals surface area contributed by atoms with E-state index in [9.17, 15) is 18.4 Å². The molecule has 1 heterocycles. The molecule has 2 aromatic rings. The average Bonchev–Trinajstić information content (AvgIpc) is 2.69. The first-order valence-corrected chi connectivity index (χ1v) is 9.01. The van der Waals surface area contributed by atoms with Crippen LogP contribution in [0.5, 0.6) is 5.75 Å². The van der Waals surface area contributed by atoms with Crippen LogP contribution in [0.3, 0.4) is 0 Å². The Kier molecular flexibility index (Phi) is 6.08. The van der Waals surface area contributed by atoms with Crippen LogP contribution in [0.1, 0.15) is 13.3 Å². The number of amides is 2. The summed E-state index contributed by atoms with van der Waals surface area (Å²) in [6, 6.07) is 10.4. The maximum atomic E-state index is 13.8. The van der Waals surface area contributed by atoms with Crippen molar-refractivity contribution in [3.05, 3.63) is 54.1 Å². The summed E-state index contributed by atoms with van der Waals surface area (Å²) in [5.41, 5.74) is 0.137. The second-order valence-corrected chi connectivity index (χ2v) is 6.39. The van der Waals surface area contributed by atoms with Crippen LogP contribution in [0, 0.1) is 11.6 Å². The van der Waals surface area contributed by atoms with E-state index in [4.69, 9.17) is 4.74 Å². The molecule has 0 saturated carbocycles. The van der Waals surface area contributed by atoms with Gasteiger partial charge in [0.05, 0.1) is 18.8 Å². The number of carbonyl (C=O) groups excluding carboxylic acids is 2. The van der Waals surface area contributed by atoms with Gasteiger partial charge in [-0.15, -0.1) is 0 Å². The Hall–Kier alpha value is -3.16. The number of benzene rings is 2. The monoisotopic (exact) mass is 389 g/mol. The molecule has 0 aliphatic carbocycles. The fraction of sp³-hybridized carbons (Fsp3) is 0.300. The van der Waals surface area contributed by atoms with Gasteiger partial charge in [-0.2, -0.15) is 0 Å². The van der Waals surface area contributed by atoms with Crippen LogP contribution < -0.4 is 20.3 Å². The van der Waals surface area contributed by atoms with E-state index in [1.54, 1.807) is 29.2 Å². The molecule has 0 fully saturated rings. The highest BCUT2D eigenvalue weighted by molar-refractivity contribution is 5.95. The third kappa shape index (κ3) is 4.39. The van der Waals surface area contributed by atoms with Gasteiger partial charge in [-0.05, 0) is 30.7 Å². The minimum atomic E-state index is -0.854. The highest BCUT2D eigenvalue weighted by Crippen LogP contribution is 2.33. The fourth-order valence-electron chi connectivity index (χ4n) is 2.92. The van der Waals surface area contributed by atoms with Gasteiger partial charge < -0.3 is 20.3 Å². The number of para-hydroxylation sites is 3. The summed E-state index contributed by atoms with van der Waals surface area (Å²) in [5.74, 6) is -2.12. The van der Waals surface area contributed by atoms with Crippen LogP contribution in [0.2, 0.25) is 0 Å². The zero-order chi connectivity index (χ0) is 20.1. The van der Waals surface area contributed by atoms with Crippen molar-refractivity contribution >= 4 is 23.2 Å². The van der Waals surface area contributed by atoms with Crippen molar-refractivity contribution in [1.82, 2.24) is 5.32 Å². The van der Waals surface area contributed by atoms with Crippen LogP contribution in [-0.4, -0.2) is 37.6 Å². The van der Waals surface area contributed by atoms with Crippen molar-refractivity contribution < 1.29 is 23.1 Å². The Balaban J connectivity index is 1.75. The lowest BCUT2D eigenvalue weighted by molar-refractivity contribution is -0.128. The van der Waals surface area contributed by atoms with Crippen LogP contribution in [0.4, 0.5) is 20.2 Å². The Labute approximate surface area is 161 Å². The second-order valence-electron chi connectivity index (χ2n) is 6.39. The minimum absolute atomic E-state index is 0.139. The summed E-state index contributed by atoms with van der Waals surface area (Å²) < 4.78 is 33.3. The predicted molar refractivity (Wildman–Crippen MR) is 101 cm³/mol. The van der Waals surface area contributed by atoms with Crippen LogP contribution >= 0.6 is 0 Å². The zero-order valence-electron chi connectivity index (χ0n) is 15.4. The summed E-state index contributed by atoms with van der Waals surface area (Å²) in [4.78, 5) is 26.4. The summed E-state index contributed by atoms with van der Waals surface area (Å²) in [7, 11) is 0. The molecule has 0 saturated heterocycles. The first-order chi connectivity index (χ1) is 13.5. The van der Waals surface area contributed by atoms with Gasteiger partial charge in [-0.25, -0.2) is 8.78 Å². The van der Waals surface area contributed by atoms with Crippen LogP contribution in [0.25, 0.3) is 0 Å². The average molecular weight is 389 g/mol. The molecule has 2 amide bonds. The maximum Gasteiger partial charge on any atom is 0.262 e. The van der Waals surface area contributed by atoms with Crippen molar-refractivity contribution in [2.24, 2.45) is 0 Å². The molecule has 2 N–H and O–H groups in total. The van der Waals surface area contributed by atoms with E-state index in [1.807, 2.05) is 6.92 Å². The van der Waals surface area contributed by atoms with Crippen molar-refractivity contribution in [2.75, 3.05) is 29.9 Å². The lowest BCUT2D eigenvalue weighted by atomic mass is 10.1. The van der Waals surface area contributed by atoms with Gasteiger partial charge in [0, 0.05) is 6.54 Å². The molecule has 1 aliphatic heterocycles. The Morgan fingerprint density at radius 2 is 1.86 bits per heavy atom. The standard InChI is InChI=1S/C20H21F2N3O3/c1-2-10-23-20(27)17-11-25(15-8-3-4-9-16(15)28-17)12-18(26)24-19-13(21)6-5-7-14(19)22/h3-9,17H,2,10-12H2,1H3,(H,23,27)(H,24,26)/t17-/m0/s1. The normalized spacial score (nSPS) is 15.4. The number of hydrogen-bond donors (Lipinski definition) is 2. The van der Waals surface area contributed by atoms with Crippen LogP contribution in [0.15, 0.2) is 42.5 Å². The van der Waals surface area contributed by atoms with Gasteiger partial charge in [0.1, 0.15) is 23.1 Å². The molecule has 28 heavy (non-hydrogen) atoms. The number of carbonyl (C=O) groups is 2. The third-order valence-corrected chi connectivity index (χ3v) is 4.26. The van der Waals surface area contributed by atoms with Crippen molar-refractivity contribution in [2.45, 2.75) is 19.4 Å². The highest BCUT2D eigenvalue weighted by Gasteiger charge is 2.31. The molecule has 0 aromatic heterocycles. The number of ether oxygens (including phenoxy) is 1. The molecule has 0 bridgehead atoms. The first kappa shape index (κ1) is 19.6. The summed E-state index contributed by atoms with van der Waals surface area (Å²) in [6.07, 6.45) is -0.00510. The van der Waals surface area contributed by atoms with Gasteiger partial charge >= 0.3 is 0 Å². The van der Waals surface area contributed by atoms with E-state index in [-0.39, 0.29) is 19.0 Å². The van der Waals surface area contributed by atoms with E-state index in [1.165, 1.54) is 6.07 Å². The molecule has 6 nitrogen and oxygen atoms in total.